The van der Waals surface area contributed by atoms with Crippen molar-refractivity contribution in [2.45, 2.75) is 19.8 Å². The highest BCUT2D eigenvalue weighted by Gasteiger charge is 2.35. The van der Waals surface area contributed by atoms with Gasteiger partial charge in [-0.3, -0.25) is 9.59 Å². The number of carbonyl (C=O) groups excluding carboxylic acids is 2. The summed E-state index contributed by atoms with van der Waals surface area (Å²) in [5.41, 5.74) is 1.67. The molecule has 0 bridgehead atoms. The van der Waals surface area contributed by atoms with Crippen molar-refractivity contribution < 1.29 is 19.1 Å². The summed E-state index contributed by atoms with van der Waals surface area (Å²) in [6.07, 6.45) is 1.14. The van der Waals surface area contributed by atoms with Gasteiger partial charge in [-0.1, -0.05) is 29.3 Å². The Balaban J connectivity index is 1.60. The largest absolute Gasteiger partial charge is 0.503 e. The fourth-order valence-electron chi connectivity index (χ4n) is 3.17. The van der Waals surface area contributed by atoms with Gasteiger partial charge in [0.2, 0.25) is 0 Å². The Morgan fingerprint density at radius 1 is 1.24 bits per heavy atom. The fraction of sp³-hybridized carbons (Fsp3) is 0.238. The van der Waals surface area contributed by atoms with Crippen LogP contribution in [-0.4, -0.2) is 30.0 Å². The zero-order valence-corrected chi connectivity index (χ0v) is 17.1. The minimum atomic E-state index is -0.733. The van der Waals surface area contributed by atoms with Crippen LogP contribution in [0.25, 0.3) is 0 Å². The highest BCUT2D eigenvalue weighted by molar-refractivity contribution is 6.36. The third-order valence-corrected chi connectivity index (χ3v) is 5.32. The van der Waals surface area contributed by atoms with Crippen LogP contribution in [0.1, 0.15) is 17.5 Å². The van der Waals surface area contributed by atoms with Crippen LogP contribution in [0.15, 0.2) is 47.7 Å². The minimum Gasteiger partial charge on any atom is -0.503 e. The summed E-state index contributed by atoms with van der Waals surface area (Å²) in [4.78, 5) is 25.9. The maximum absolute atomic E-state index is 13.7. The van der Waals surface area contributed by atoms with Gasteiger partial charge in [-0.2, -0.15) is 0 Å². The van der Waals surface area contributed by atoms with E-state index < -0.39 is 23.4 Å². The zero-order chi connectivity index (χ0) is 21.1. The number of aryl methyl sites for hydroxylation is 1. The fourth-order valence-corrected chi connectivity index (χ4v) is 3.75. The van der Waals surface area contributed by atoms with Gasteiger partial charge in [-0.05, 0) is 61.2 Å². The number of halogens is 3. The predicted octanol–water partition coefficient (Wildman–Crippen LogP) is 4.35. The molecule has 1 aliphatic heterocycles. The van der Waals surface area contributed by atoms with Crippen LogP contribution in [0.5, 0.6) is 0 Å². The first-order valence-electron chi connectivity index (χ1n) is 9.00. The monoisotopic (exact) mass is 436 g/mol. The van der Waals surface area contributed by atoms with Crippen molar-refractivity contribution in [3.05, 3.63) is 74.7 Å². The molecule has 8 heteroatoms. The first-order valence-corrected chi connectivity index (χ1v) is 9.75. The number of carbonyl (C=O) groups is 2. The third kappa shape index (κ3) is 4.71. The molecule has 2 aromatic carbocycles. The van der Waals surface area contributed by atoms with E-state index in [0.29, 0.717) is 35.0 Å². The summed E-state index contributed by atoms with van der Waals surface area (Å²) in [5.74, 6) is -2.40. The summed E-state index contributed by atoms with van der Waals surface area (Å²) in [7, 11) is 0. The van der Waals surface area contributed by atoms with E-state index >= 15 is 0 Å². The van der Waals surface area contributed by atoms with E-state index in [1.54, 1.807) is 31.2 Å². The number of hydrogen-bond acceptors (Lipinski definition) is 3. The van der Waals surface area contributed by atoms with Crippen molar-refractivity contribution in [2.75, 3.05) is 18.0 Å². The van der Waals surface area contributed by atoms with E-state index in [1.807, 2.05) is 0 Å². The molecule has 1 heterocycles. The molecule has 3 rings (SSSR count). The van der Waals surface area contributed by atoms with E-state index in [2.05, 4.69) is 5.32 Å². The molecule has 0 spiro atoms. The van der Waals surface area contributed by atoms with Crippen LogP contribution in [-0.2, 0) is 16.0 Å². The Morgan fingerprint density at radius 2 is 1.93 bits per heavy atom. The first-order chi connectivity index (χ1) is 13.8. The average Bonchev–Trinajstić information content (AvgIpc) is 2.95. The number of hydrogen-bond donors (Lipinski definition) is 2. The van der Waals surface area contributed by atoms with Crippen molar-refractivity contribution in [3.8, 4) is 0 Å². The number of aliphatic hydroxyl groups is 1. The molecule has 2 amide bonds. The minimum absolute atomic E-state index is 0.0484. The summed E-state index contributed by atoms with van der Waals surface area (Å²) in [5, 5.41) is 13.9. The van der Waals surface area contributed by atoms with Crippen LogP contribution in [0.2, 0.25) is 10.0 Å². The van der Waals surface area contributed by atoms with Crippen molar-refractivity contribution in [1.82, 2.24) is 5.32 Å². The lowest BCUT2D eigenvalue weighted by Gasteiger charge is -2.17. The van der Waals surface area contributed by atoms with E-state index in [1.165, 1.54) is 17.0 Å². The molecule has 0 fully saturated rings. The summed E-state index contributed by atoms with van der Waals surface area (Å²) in [6, 6.07) is 9.38. The van der Waals surface area contributed by atoms with Gasteiger partial charge in [-0.25, -0.2) is 4.39 Å². The molecule has 0 aliphatic carbocycles. The SMILES string of the molecule is Cc1cc(F)cc(N2CC(C(=O)NCCCc3c(Cl)cccc3Cl)=C(O)C2=O)c1. The van der Waals surface area contributed by atoms with E-state index in [-0.39, 0.29) is 17.8 Å². The average molecular weight is 437 g/mol. The Hall–Kier alpha value is -2.57. The lowest BCUT2D eigenvalue weighted by atomic mass is 10.1. The van der Waals surface area contributed by atoms with Gasteiger partial charge in [-0.15, -0.1) is 0 Å². The second-order valence-corrected chi connectivity index (χ2v) is 7.58. The molecular weight excluding hydrogens is 418 g/mol. The molecule has 152 valence electrons. The lowest BCUT2D eigenvalue weighted by molar-refractivity contribution is -0.119. The number of amides is 2. The molecule has 2 aromatic rings. The standard InChI is InChI=1S/C21H19Cl2FN2O3/c1-12-8-13(24)10-14(9-12)26-11-16(19(27)21(26)29)20(28)25-7-3-4-15-17(22)5-2-6-18(15)23/h2,5-6,8-10,27H,3-4,7,11H2,1H3,(H,25,28). The second-order valence-electron chi connectivity index (χ2n) is 6.76. The summed E-state index contributed by atoms with van der Waals surface area (Å²) < 4.78 is 13.7. The smallest absolute Gasteiger partial charge is 0.293 e. The highest BCUT2D eigenvalue weighted by Crippen LogP contribution is 2.27. The van der Waals surface area contributed by atoms with Crippen molar-refractivity contribution >= 4 is 40.7 Å². The quantitative estimate of drug-likeness (QED) is 0.661. The molecule has 0 aromatic heterocycles. The normalized spacial score (nSPS) is 13.9. The van der Waals surface area contributed by atoms with Gasteiger partial charge in [0.25, 0.3) is 11.8 Å². The molecule has 2 N–H and O–H groups in total. The van der Waals surface area contributed by atoms with Crippen LogP contribution in [0.3, 0.4) is 0 Å². The molecule has 0 saturated heterocycles. The number of rotatable bonds is 6. The topological polar surface area (TPSA) is 69.6 Å². The molecule has 29 heavy (non-hydrogen) atoms. The van der Waals surface area contributed by atoms with E-state index in [0.717, 1.165) is 5.56 Å². The number of nitrogens with zero attached hydrogens (tertiary/aromatic N) is 1. The van der Waals surface area contributed by atoms with Crippen LogP contribution < -0.4 is 10.2 Å². The predicted molar refractivity (Wildman–Crippen MR) is 111 cm³/mol. The summed E-state index contributed by atoms with van der Waals surface area (Å²) >= 11 is 12.2. The van der Waals surface area contributed by atoms with Gasteiger partial charge in [0.05, 0.1) is 12.1 Å². The van der Waals surface area contributed by atoms with E-state index in [4.69, 9.17) is 23.2 Å². The Morgan fingerprint density at radius 3 is 2.59 bits per heavy atom. The van der Waals surface area contributed by atoms with E-state index in [9.17, 15) is 19.1 Å². The molecular formula is C21H19Cl2FN2O3. The van der Waals surface area contributed by atoms with Crippen LogP contribution in [0, 0.1) is 12.7 Å². The number of aliphatic hydroxyl groups excluding tert-OH is 1. The van der Waals surface area contributed by atoms with Gasteiger partial charge >= 0.3 is 0 Å². The number of anilines is 1. The maximum Gasteiger partial charge on any atom is 0.293 e. The van der Waals surface area contributed by atoms with Crippen LogP contribution >= 0.6 is 23.2 Å². The second kappa shape index (κ2) is 8.84. The highest BCUT2D eigenvalue weighted by atomic mass is 35.5. The van der Waals surface area contributed by atoms with Crippen LogP contribution in [0.4, 0.5) is 10.1 Å². The third-order valence-electron chi connectivity index (χ3n) is 4.61. The van der Waals surface area contributed by atoms with Crippen molar-refractivity contribution in [2.24, 2.45) is 0 Å². The molecule has 0 atom stereocenters. The zero-order valence-electron chi connectivity index (χ0n) is 15.6. The number of nitrogens with one attached hydrogen (secondary N) is 1. The molecule has 0 radical (unpaired) electrons. The first kappa shape index (κ1) is 21.1. The number of benzene rings is 2. The van der Waals surface area contributed by atoms with Crippen molar-refractivity contribution in [3.63, 3.8) is 0 Å². The van der Waals surface area contributed by atoms with Gasteiger partial charge in [0, 0.05) is 22.3 Å². The molecule has 1 aliphatic rings. The van der Waals surface area contributed by atoms with Crippen molar-refractivity contribution in [1.29, 1.82) is 0 Å². The molecule has 5 nitrogen and oxygen atoms in total. The maximum atomic E-state index is 13.7. The van der Waals surface area contributed by atoms with Gasteiger partial charge in [0.1, 0.15) is 5.82 Å². The molecule has 0 saturated carbocycles. The van der Waals surface area contributed by atoms with Gasteiger partial charge < -0.3 is 15.3 Å². The Labute approximate surface area is 177 Å². The lowest BCUT2D eigenvalue weighted by Crippen LogP contribution is -2.30. The Bertz CT molecular complexity index is 967. The summed E-state index contributed by atoms with van der Waals surface area (Å²) in [6.45, 7) is 1.87. The molecule has 0 unspecified atom stereocenters. The van der Waals surface area contributed by atoms with Gasteiger partial charge in [0.15, 0.2) is 5.76 Å². The Kier molecular flexibility index (Phi) is 6.45.